The van der Waals surface area contributed by atoms with Crippen LogP contribution >= 0.6 is 11.6 Å². The molecule has 6 nitrogen and oxygen atoms in total. The predicted octanol–water partition coefficient (Wildman–Crippen LogP) is 3.93. The number of nitrogens with zero attached hydrogens (tertiary/aromatic N) is 2. The molecule has 1 aliphatic heterocycles. The van der Waals surface area contributed by atoms with E-state index >= 15 is 0 Å². The lowest BCUT2D eigenvalue weighted by molar-refractivity contribution is -0.120. The molecule has 2 aliphatic rings. The molecule has 1 aromatic carbocycles. The summed E-state index contributed by atoms with van der Waals surface area (Å²) in [5, 5.41) is 3.43. The predicted molar refractivity (Wildman–Crippen MR) is 117 cm³/mol. The number of nitrogens with one attached hydrogen (secondary N) is 1. The fraction of sp³-hybridized carbons (Fsp3) is 0.435. The number of amides is 2. The minimum atomic E-state index is -0.536. The number of aromatic nitrogens is 1. The molecule has 158 valence electrons. The largest absolute Gasteiger partial charge is 0.323 e. The first-order valence-electron chi connectivity index (χ1n) is 10.6. The molecule has 1 N–H and O–H groups in total. The third-order valence-electron chi connectivity index (χ3n) is 6.29. The Kier molecular flexibility index (Phi) is 5.95. The van der Waals surface area contributed by atoms with Gasteiger partial charge < -0.3 is 14.8 Å². The molecule has 2 amide bonds. The van der Waals surface area contributed by atoms with Crippen LogP contribution in [0.25, 0.3) is 0 Å². The van der Waals surface area contributed by atoms with Gasteiger partial charge >= 0.3 is 0 Å². The van der Waals surface area contributed by atoms with Crippen LogP contribution in [0.5, 0.6) is 0 Å². The molecule has 0 spiro atoms. The molecule has 2 fully saturated rings. The van der Waals surface area contributed by atoms with Crippen LogP contribution in [-0.2, 0) is 11.3 Å². The lowest BCUT2D eigenvalue weighted by atomic mass is 9.84. The molecule has 30 heavy (non-hydrogen) atoms. The number of fused-ring (bicyclic) bond motifs is 1. The van der Waals surface area contributed by atoms with E-state index in [4.69, 9.17) is 11.6 Å². The number of pyridine rings is 1. The highest BCUT2D eigenvalue weighted by molar-refractivity contribution is 6.31. The summed E-state index contributed by atoms with van der Waals surface area (Å²) in [7, 11) is 0. The topological polar surface area (TPSA) is 71.4 Å². The van der Waals surface area contributed by atoms with Crippen molar-refractivity contribution >= 4 is 29.1 Å². The summed E-state index contributed by atoms with van der Waals surface area (Å²) in [5.74, 6) is -0.0195. The summed E-state index contributed by atoms with van der Waals surface area (Å²) >= 11 is 6.10. The number of anilines is 1. The molecular weight excluding hydrogens is 402 g/mol. The smallest absolute Gasteiger partial charge is 0.254 e. The van der Waals surface area contributed by atoms with E-state index in [1.807, 2.05) is 6.92 Å². The SMILES string of the molecule is CCn1cc(NC(=O)C2CC3CCCCC3N2C(=O)c2cccc(Cl)c2)ccc1=O. The second-order valence-corrected chi connectivity index (χ2v) is 8.55. The van der Waals surface area contributed by atoms with Gasteiger partial charge in [-0.15, -0.1) is 0 Å². The van der Waals surface area contributed by atoms with E-state index in [1.165, 1.54) is 6.07 Å². The Bertz CT molecular complexity index is 1020. The first kappa shape index (κ1) is 20.7. The molecule has 1 saturated carbocycles. The molecule has 1 aromatic heterocycles. The van der Waals surface area contributed by atoms with Gasteiger partial charge in [0.15, 0.2) is 0 Å². The quantitative estimate of drug-likeness (QED) is 0.803. The molecule has 1 saturated heterocycles. The van der Waals surface area contributed by atoms with E-state index in [2.05, 4.69) is 5.32 Å². The van der Waals surface area contributed by atoms with Crippen LogP contribution in [0.15, 0.2) is 47.4 Å². The second-order valence-electron chi connectivity index (χ2n) is 8.12. The molecule has 7 heteroatoms. The van der Waals surface area contributed by atoms with Gasteiger partial charge in [-0.1, -0.05) is 30.5 Å². The molecule has 0 radical (unpaired) electrons. The van der Waals surface area contributed by atoms with Crippen LogP contribution in [0, 0.1) is 5.92 Å². The van der Waals surface area contributed by atoms with Crippen LogP contribution in [0.3, 0.4) is 0 Å². The highest BCUT2D eigenvalue weighted by Gasteiger charge is 2.47. The monoisotopic (exact) mass is 427 g/mol. The average molecular weight is 428 g/mol. The van der Waals surface area contributed by atoms with E-state index in [1.54, 1.807) is 46.0 Å². The summed E-state index contributed by atoms with van der Waals surface area (Å²) in [6.07, 6.45) is 6.46. The van der Waals surface area contributed by atoms with Crippen molar-refractivity contribution < 1.29 is 9.59 Å². The van der Waals surface area contributed by atoms with Crippen molar-refractivity contribution in [1.29, 1.82) is 0 Å². The Morgan fingerprint density at radius 3 is 2.73 bits per heavy atom. The standard InChI is InChI=1S/C23H26ClN3O3/c1-2-26-14-18(10-11-21(26)28)25-22(29)20-13-15-6-3-4-9-19(15)27(20)23(30)16-7-5-8-17(24)12-16/h5,7-8,10-12,14-15,19-20H,2-4,6,9,13H2,1H3,(H,25,29). The number of aryl methyl sites for hydroxylation is 1. The van der Waals surface area contributed by atoms with Crippen LogP contribution in [0.1, 0.15) is 49.4 Å². The third-order valence-corrected chi connectivity index (χ3v) is 6.52. The van der Waals surface area contributed by atoms with Gasteiger partial charge in [0.2, 0.25) is 5.91 Å². The second kappa shape index (κ2) is 8.64. The lowest BCUT2D eigenvalue weighted by Gasteiger charge is -2.33. The number of benzene rings is 1. The minimum Gasteiger partial charge on any atom is -0.323 e. The average Bonchev–Trinajstić information content (AvgIpc) is 3.14. The molecule has 2 aromatic rings. The van der Waals surface area contributed by atoms with Crippen LogP contribution in [0.4, 0.5) is 5.69 Å². The molecular formula is C23H26ClN3O3. The highest BCUT2D eigenvalue weighted by atomic mass is 35.5. The van der Waals surface area contributed by atoms with Crippen molar-refractivity contribution in [1.82, 2.24) is 9.47 Å². The van der Waals surface area contributed by atoms with Gasteiger partial charge in [-0.25, -0.2) is 0 Å². The van der Waals surface area contributed by atoms with Crippen LogP contribution in [0.2, 0.25) is 5.02 Å². The molecule has 2 heterocycles. The van der Waals surface area contributed by atoms with Gasteiger partial charge in [-0.2, -0.15) is 0 Å². The van der Waals surface area contributed by atoms with E-state index in [0.29, 0.717) is 35.2 Å². The highest BCUT2D eigenvalue weighted by Crippen LogP contribution is 2.41. The molecule has 3 atom stereocenters. The van der Waals surface area contributed by atoms with Gasteiger partial charge in [0.05, 0.1) is 5.69 Å². The molecule has 3 unspecified atom stereocenters. The van der Waals surface area contributed by atoms with Crippen molar-refractivity contribution in [3.05, 3.63) is 63.5 Å². The van der Waals surface area contributed by atoms with Crippen LogP contribution < -0.4 is 10.9 Å². The first-order chi connectivity index (χ1) is 14.5. The summed E-state index contributed by atoms with van der Waals surface area (Å²) in [6.45, 7) is 2.40. The minimum absolute atomic E-state index is 0.0746. The van der Waals surface area contributed by atoms with Gasteiger partial charge in [0.25, 0.3) is 11.5 Å². The molecule has 0 bridgehead atoms. The van der Waals surface area contributed by atoms with Crippen molar-refractivity contribution in [2.45, 2.75) is 57.7 Å². The van der Waals surface area contributed by atoms with E-state index in [-0.39, 0.29) is 23.4 Å². The number of hydrogen-bond acceptors (Lipinski definition) is 3. The number of likely N-dealkylation sites (tertiary alicyclic amines) is 1. The number of halogens is 1. The van der Waals surface area contributed by atoms with Crippen molar-refractivity contribution in [3.63, 3.8) is 0 Å². The van der Waals surface area contributed by atoms with Gasteiger partial charge in [-0.3, -0.25) is 14.4 Å². The zero-order chi connectivity index (χ0) is 21.3. The zero-order valence-corrected chi connectivity index (χ0v) is 17.8. The number of rotatable bonds is 4. The van der Waals surface area contributed by atoms with Crippen molar-refractivity contribution in [2.75, 3.05) is 5.32 Å². The number of carbonyl (C=O) groups is 2. The summed E-state index contributed by atoms with van der Waals surface area (Å²) in [5.41, 5.74) is 0.956. The summed E-state index contributed by atoms with van der Waals surface area (Å²) < 4.78 is 1.54. The summed E-state index contributed by atoms with van der Waals surface area (Å²) in [4.78, 5) is 40.3. The van der Waals surface area contributed by atoms with E-state index < -0.39 is 6.04 Å². The van der Waals surface area contributed by atoms with Crippen molar-refractivity contribution in [2.24, 2.45) is 5.92 Å². The van der Waals surface area contributed by atoms with E-state index in [9.17, 15) is 14.4 Å². The normalized spacial score (nSPS) is 23.1. The maximum atomic E-state index is 13.4. The Hall–Kier alpha value is -2.60. The summed E-state index contributed by atoms with van der Waals surface area (Å²) in [6, 6.07) is 9.49. The molecule has 1 aliphatic carbocycles. The van der Waals surface area contributed by atoms with Gasteiger partial charge in [-0.05, 0) is 56.4 Å². The Morgan fingerprint density at radius 2 is 1.97 bits per heavy atom. The van der Waals surface area contributed by atoms with E-state index in [0.717, 1.165) is 25.7 Å². The van der Waals surface area contributed by atoms with Crippen molar-refractivity contribution in [3.8, 4) is 0 Å². The fourth-order valence-electron chi connectivity index (χ4n) is 4.83. The van der Waals surface area contributed by atoms with Gasteiger partial charge in [0.1, 0.15) is 6.04 Å². The first-order valence-corrected chi connectivity index (χ1v) is 11.0. The third kappa shape index (κ3) is 4.01. The number of carbonyl (C=O) groups excluding carboxylic acids is 2. The Balaban J connectivity index is 1.61. The maximum absolute atomic E-state index is 13.4. The lowest BCUT2D eigenvalue weighted by Crippen LogP contribution is -2.47. The zero-order valence-electron chi connectivity index (χ0n) is 17.0. The van der Waals surface area contributed by atoms with Crippen LogP contribution in [-0.4, -0.2) is 33.4 Å². The number of hydrogen-bond donors (Lipinski definition) is 1. The van der Waals surface area contributed by atoms with Gasteiger partial charge in [0, 0.05) is 35.4 Å². The maximum Gasteiger partial charge on any atom is 0.254 e. The Labute approximate surface area is 180 Å². The Morgan fingerprint density at radius 1 is 1.17 bits per heavy atom. The fourth-order valence-corrected chi connectivity index (χ4v) is 5.03. The molecule has 4 rings (SSSR count).